The van der Waals surface area contributed by atoms with E-state index in [4.69, 9.17) is 0 Å². The number of aryl methyl sites for hydroxylation is 1. The van der Waals surface area contributed by atoms with Gasteiger partial charge in [0.2, 0.25) is 5.91 Å². The SMILES string of the molecule is CC(=O)CCCCc1ccc2c(c1)NC(=O)CS2. The molecule has 0 saturated heterocycles. The highest BCUT2D eigenvalue weighted by Crippen LogP contribution is 2.32. The minimum atomic E-state index is 0.0706. The molecule has 1 aromatic carbocycles. The van der Waals surface area contributed by atoms with Crippen LogP contribution in [0.2, 0.25) is 0 Å². The molecule has 4 heteroatoms. The van der Waals surface area contributed by atoms with Crippen LogP contribution >= 0.6 is 11.8 Å². The molecule has 1 amide bonds. The van der Waals surface area contributed by atoms with E-state index in [1.807, 2.05) is 6.07 Å². The highest BCUT2D eigenvalue weighted by Gasteiger charge is 2.15. The summed E-state index contributed by atoms with van der Waals surface area (Å²) in [6, 6.07) is 6.23. The maximum Gasteiger partial charge on any atom is 0.234 e. The number of hydrogen-bond acceptors (Lipinski definition) is 3. The average molecular weight is 263 g/mol. The second kappa shape index (κ2) is 6.05. The fourth-order valence-electron chi connectivity index (χ4n) is 1.99. The maximum atomic E-state index is 11.3. The molecule has 0 radical (unpaired) electrons. The molecule has 18 heavy (non-hydrogen) atoms. The summed E-state index contributed by atoms with van der Waals surface area (Å²) in [4.78, 5) is 23.3. The molecule has 0 aromatic heterocycles. The zero-order valence-electron chi connectivity index (χ0n) is 10.5. The summed E-state index contributed by atoms with van der Waals surface area (Å²) in [6.07, 6.45) is 3.58. The van der Waals surface area contributed by atoms with E-state index in [1.165, 1.54) is 5.56 Å². The van der Waals surface area contributed by atoms with Crippen molar-refractivity contribution >= 4 is 29.1 Å². The number of unbranched alkanes of at least 4 members (excludes halogenated alkanes) is 1. The highest BCUT2D eigenvalue weighted by molar-refractivity contribution is 8.00. The second-order valence-electron chi connectivity index (χ2n) is 4.58. The van der Waals surface area contributed by atoms with E-state index in [2.05, 4.69) is 17.4 Å². The third-order valence-electron chi connectivity index (χ3n) is 2.92. The van der Waals surface area contributed by atoms with Crippen molar-refractivity contribution in [2.24, 2.45) is 0 Å². The van der Waals surface area contributed by atoms with Gasteiger partial charge in [0.1, 0.15) is 5.78 Å². The summed E-state index contributed by atoms with van der Waals surface area (Å²) in [6.45, 7) is 1.63. The van der Waals surface area contributed by atoms with E-state index in [1.54, 1.807) is 18.7 Å². The van der Waals surface area contributed by atoms with Crippen molar-refractivity contribution < 1.29 is 9.59 Å². The van der Waals surface area contributed by atoms with E-state index in [0.717, 1.165) is 29.8 Å². The maximum absolute atomic E-state index is 11.3. The quantitative estimate of drug-likeness (QED) is 0.831. The van der Waals surface area contributed by atoms with E-state index in [9.17, 15) is 9.59 Å². The first-order chi connectivity index (χ1) is 8.65. The number of carbonyl (C=O) groups is 2. The van der Waals surface area contributed by atoms with Crippen molar-refractivity contribution in [2.75, 3.05) is 11.1 Å². The number of thioether (sulfide) groups is 1. The van der Waals surface area contributed by atoms with Crippen LogP contribution < -0.4 is 5.32 Å². The Labute approximate surface area is 111 Å². The second-order valence-corrected chi connectivity index (χ2v) is 5.59. The molecule has 0 bridgehead atoms. The summed E-state index contributed by atoms with van der Waals surface area (Å²) in [5, 5.41) is 2.90. The largest absolute Gasteiger partial charge is 0.324 e. The van der Waals surface area contributed by atoms with Crippen LogP contribution in [0.25, 0.3) is 0 Å². The van der Waals surface area contributed by atoms with Crippen molar-refractivity contribution in [1.29, 1.82) is 0 Å². The summed E-state index contributed by atoms with van der Waals surface area (Å²) in [7, 11) is 0. The molecular formula is C14H17NO2S. The van der Waals surface area contributed by atoms with Crippen molar-refractivity contribution in [3.63, 3.8) is 0 Å². The molecule has 1 heterocycles. The van der Waals surface area contributed by atoms with E-state index >= 15 is 0 Å². The lowest BCUT2D eigenvalue weighted by Crippen LogP contribution is -2.18. The number of anilines is 1. The van der Waals surface area contributed by atoms with Crippen LogP contribution in [-0.4, -0.2) is 17.4 Å². The molecule has 0 fully saturated rings. The third kappa shape index (κ3) is 3.60. The number of hydrogen-bond donors (Lipinski definition) is 1. The van der Waals surface area contributed by atoms with Crippen LogP contribution in [0.1, 0.15) is 31.7 Å². The number of ketones is 1. The Morgan fingerprint density at radius 3 is 3.00 bits per heavy atom. The Hall–Kier alpha value is -1.29. The monoisotopic (exact) mass is 263 g/mol. The number of Topliss-reactive ketones (excluding diaryl/α,β-unsaturated/α-hetero) is 1. The molecule has 0 aliphatic carbocycles. The normalized spacial score (nSPS) is 13.9. The van der Waals surface area contributed by atoms with Crippen molar-refractivity contribution in [2.45, 2.75) is 37.5 Å². The van der Waals surface area contributed by atoms with Gasteiger partial charge in [-0.1, -0.05) is 6.07 Å². The highest BCUT2D eigenvalue weighted by atomic mass is 32.2. The summed E-state index contributed by atoms with van der Waals surface area (Å²) in [5.74, 6) is 0.829. The topological polar surface area (TPSA) is 46.2 Å². The van der Waals surface area contributed by atoms with E-state index < -0.39 is 0 Å². The minimum Gasteiger partial charge on any atom is -0.324 e. The molecule has 1 aromatic rings. The van der Waals surface area contributed by atoms with Crippen molar-refractivity contribution in [1.82, 2.24) is 0 Å². The first kappa shape index (κ1) is 13.1. The van der Waals surface area contributed by atoms with Crippen LogP contribution in [0.3, 0.4) is 0 Å². The number of fused-ring (bicyclic) bond motifs is 1. The summed E-state index contributed by atoms with van der Waals surface area (Å²) >= 11 is 1.58. The van der Waals surface area contributed by atoms with Crippen LogP contribution in [0.5, 0.6) is 0 Å². The van der Waals surface area contributed by atoms with Crippen LogP contribution in [0.15, 0.2) is 23.1 Å². The van der Waals surface area contributed by atoms with Crippen LogP contribution in [0.4, 0.5) is 5.69 Å². The van der Waals surface area contributed by atoms with Gasteiger partial charge in [-0.3, -0.25) is 4.79 Å². The molecule has 1 aliphatic rings. The standard InChI is InChI=1S/C14H17NO2S/c1-10(16)4-2-3-5-11-6-7-13-12(8-11)15-14(17)9-18-13/h6-8H,2-5,9H2,1H3,(H,15,17). The fraction of sp³-hybridized carbons (Fsp3) is 0.429. The number of carbonyl (C=O) groups excluding carboxylic acids is 2. The zero-order chi connectivity index (χ0) is 13.0. The minimum absolute atomic E-state index is 0.0706. The Balaban J connectivity index is 1.92. The van der Waals surface area contributed by atoms with Crippen LogP contribution in [0, 0.1) is 0 Å². The van der Waals surface area contributed by atoms with E-state index in [0.29, 0.717) is 12.2 Å². The zero-order valence-corrected chi connectivity index (χ0v) is 11.3. The van der Waals surface area contributed by atoms with Gasteiger partial charge in [0.25, 0.3) is 0 Å². The first-order valence-electron chi connectivity index (χ1n) is 6.20. The lowest BCUT2D eigenvalue weighted by atomic mass is 10.1. The fourth-order valence-corrected chi connectivity index (χ4v) is 2.78. The molecule has 96 valence electrons. The van der Waals surface area contributed by atoms with Crippen molar-refractivity contribution in [3.05, 3.63) is 23.8 Å². The van der Waals surface area contributed by atoms with E-state index in [-0.39, 0.29) is 11.7 Å². The lowest BCUT2D eigenvalue weighted by Gasteiger charge is -2.17. The average Bonchev–Trinajstić information content (AvgIpc) is 2.34. The predicted octanol–water partition coefficient (Wildman–Crippen LogP) is 3.03. The Morgan fingerprint density at radius 1 is 1.39 bits per heavy atom. The number of nitrogens with one attached hydrogen (secondary N) is 1. The molecule has 1 aliphatic heterocycles. The van der Waals surface area contributed by atoms with Gasteiger partial charge in [-0.05, 0) is 43.9 Å². The number of amides is 1. The summed E-state index contributed by atoms with van der Waals surface area (Å²) in [5.41, 5.74) is 2.15. The van der Waals surface area contributed by atoms with Crippen LogP contribution in [-0.2, 0) is 16.0 Å². The van der Waals surface area contributed by atoms with Gasteiger partial charge in [0, 0.05) is 11.3 Å². The Morgan fingerprint density at radius 2 is 2.22 bits per heavy atom. The number of benzene rings is 1. The van der Waals surface area contributed by atoms with Gasteiger partial charge in [0.05, 0.1) is 11.4 Å². The van der Waals surface area contributed by atoms with Gasteiger partial charge in [-0.2, -0.15) is 0 Å². The van der Waals surface area contributed by atoms with Crippen molar-refractivity contribution in [3.8, 4) is 0 Å². The molecule has 0 atom stereocenters. The third-order valence-corrected chi connectivity index (χ3v) is 3.99. The molecule has 0 saturated carbocycles. The van der Waals surface area contributed by atoms with Gasteiger partial charge in [0.15, 0.2) is 0 Å². The first-order valence-corrected chi connectivity index (χ1v) is 7.19. The molecular weight excluding hydrogens is 246 g/mol. The Bertz CT molecular complexity index is 471. The molecule has 2 rings (SSSR count). The van der Waals surface area contributed by atoms with Gasteiger partial charge < -0.3 is 10.1 Å². The van der Waals surface area contributed by atoms with Gasteiger partial charge in [-0.15, -0.1) is 11.8 Å². The Kier molecular flexibility index (Phi) is 4.42. The molecule has 1 N–H and O–H groups in total. The molecule has 0 spiro atoms. The number of rotatable bonds is 5. The smallest absolute Gasteiger partial charge is 0.234 e. The predicted molar refractivity (Wildman–Crippen MR) is 74.0 cm³/mol. The van der Waals surface area contributed by atoms with Gasteiger partial charge >= 0.3 is 0 Å². The lowest BCUT2D eigenvalue weighted by molar-refractivity contribution is -0.117. The molecule has 0 unspecified atom stereocenters. The molecule has 3 nitrogen and oxygen atoms in total. The summed E-state index contributed by atoms with van der Waals surface area (Å²) < 4.78 is 0. The van der Waals surface area contributed by atoms with Gasteiger partial charge in [-0.25, -0.2) is 0 Å².